The molecule has 1 fully saturated rings. The van der Waals surface area contributed by atoms with Crippen LogP contribution in [0.2, 0.25) is 0 Å². The Morgan fingerprint density at radius 1 is 1.15 bits per heavy atom. The van der Waals surface area contributed by atoms with Gasteiger partial charge in [-0.05, 0) is 64.0 Å². The van der Waals surface area contributed by atoms with Crippen LogP contribution in [0, 0.1) is 0 Å². The van der Waals surface area contributed by atoms with Crippen molar-refractivity contribution < 1.29 is 5.11 Å². The van der Waals surface area contributed by atoms with Gasteiger partial charge in [0.15, 0.2) is 0 Å². The largest absolute Gasteiger partial charge is 0.387 e. The van der Waals surface area contributed by atoms with Crippen LogP contribution < -0.4 is 0 Å². The fourth-order valence-electron chi connectivity index (χ4n) is 3.82. The summed E-state index contributed by atoms with van der Waals surface area (Å²) in [5, 5.41) is 10.7. The van der Waals surface area contributed by atoms with E-state index in [1.54, 1.807) is 0 Å². The Labute approximate surface area is 122 Å². The van der Waals surface area contributed by atoms with E-state index in [9.17, 15) is 5.11 Å². The fraction of sp³-hybridized carbons (Fsp3) is 0.647. The van der Waals surface area contributed by atoms with Gasteiger partial charge in [-0.3, -0.25) is 4.90 Å². The number of nitrogens with zero attached hydrogens (tertiary/aromatic N) is 2. The second kappa shape index (κ2) is 5.84. The SMILES string of the molecule is CN1CCC(N(C)C2CCc3ccccc3C2O)CC1. The second-order valence-electron chi connectivity index (χ2n) is 6.45. The molecule has 110 valence electrons. The molecule has 1 aliphatic heterocycles. The first kappa shape index (κ1) is 14.1. The first-order valence-corrected chi connectivity index (χ1v) is 7.83. The lowest BCUT2D eigenvalue weighted by Crippen LogP contribution is -2.49. The Kier molecular flexibility index (Phi) is 4.11. The van der Waals surface area contributed by atoms with E-state index in [-0.39, 0.29) is 12.1 Å². The predicted molar refractivity (Wildman–Crippen MR) is 81.8 cm³/mol. The molecule has 0 aromatic heterocycles. The van der Waals surface area contributed by atoms with Crippen molar-refractivity contribution in [2.24, 2.45) is 0 Å². The second-order valence-corrected chi connectivity index (χ2v) is 6.45. The van der Waals surface area contributed by atoms with Crippen LogP contribution in [0.3, 0.4) is 0 Å². The average molecular weight is 274 g/mol. The molecule has 1 saturated heterocycles. The first-order valence-electron chi connectivity index (χ1n) is 7.83. The molecule has 2 aliphatic rings. The Bertz CT molecular complexity index is 454. The highest BCUT2D eigenvalue weighted by molar-refractivity contribution is 5.32. The third-order valence-electron chi connectivity index (χ3n) is 5.23. The van der Waals surface area contributed by atoms with Gasteiger partial charge in [-0.1, -0.05) is 24.3 Å². The van der Waals surface area contributed by atoms with Gasteiger partial charge in [0.2, 0.25) is 0 Å². The third kappa shape index (κ3) is 2.62. The summed E-state index contributed by atoms with van der Waals surface area (Å²) in [6.07, 6.45) is 4.27. The van der Waals surface area contributed by atoms with Crippen molar-refractivity contribution in [1.82, 2.24) is 9.80 Å². The molecule has 3 heteroatoms. The molecular formula is C17H26N2O. The summed E-state index contributed by atoms with van der Waals surface area (Å²) in [5.41, 5.74) is 2.47. The molecule has 0 radical (unpaired) electrons. The molecule has 1 aliphatic carbocycles. The minimum absolute atomic E-state index is 0.276. The topological polar surface area (TPSA) is 26.7 Å². The number of rotatable bonds is 2. The van der Waals surface area contributed by atoms with Crippen LogP contribution >= 0.6 is 0 Å². The summed E-state index contributed by atoms with van der Waals surface area (Å²) in [4.78, 5) is 4.85. The van der Waals surface area contributed by atoms with Gasteiger partial charge in [0.05, 0.1) is 6.10 Å². The Morgan fingerprint density at radius 3 is 2.60 bits per heavy atom. The van der Waals surface area contributed by atoms with Gasteiger partial charge in [0.1, 0.15) is 0 Å². The molecule has 20 heavy (non-hydrogen) atoms. The van der Waals surface area contributed by atoms with E-state index in [4.69, 9.17) is 0 Å². The zero-order valence-electron chi connectivity index (χ0n) is 12.6. The number of hydrogen-bond acceptors (Lipinski definition) is 3. The van der Waals surface area contributed by atoms with Gasteiger partial charge in [-0.25, -0.2) is 0 Å². The van der Waals surface area contributed by atoms with Crippen molar-refractivity contribution in [3.05, 3.63) is 35.4 Å². The molecule has 2 unspecified atom stereocenters. The zero-order valence-corrected chi connectivity index (χ0v) is 12.6. The van der Waals surface area contributed by atoms with Gasteiger partial charge in [0.25, 0.3) is 0 Å². The molecule has 1 aromatic rings. The standard InChI is InChI=1S/C17H26N2O/c1-18-11-9-14(10-12-18)19(2)16-8-7-13-5-3-4-6-15(13)17(16)20/h3-6,14,16-17,20H,7-12H2,1-2H3. The number of likely N-dealkylation sites (N-methyl/N-ethyl adjacent to an activating group) is 1. The molecular weight excluding hydrogens is 248 g/mol. The van der Waals surface area contributed by atoms with Crippen LogP contribution in [0.15, 0.2) is 24.3 Å². The van der Waals surface area contributed by atoms with Gasteiger partial charge < -0.3 is 10.0 Å². The van der Waals surface area contributed by atoms with Crippen molar-refractivity contribution in [2.75, 3.05) is 27.2 Å². The summed E-state index contributed by atoms with van der Waals surface area (Å²) in [6.45, 7) is 2.35. The summed E-state index contributed by atoms with van der Waals surface area (Å²) in [7, 11) is 4.40. The van der Waals surface area contributed by atoms with Crippen LogP contribution in [0.25, 0.3) is 0 Å². The van der Waals surface area contributed by atoms with E-state index in [1.165, 1.54) is 31.5 Å². The maximum absolute atomic E-state index is 10.7. The van der Waals surface area contributed by atoms with Gasteiger partial charge >= 0.3 is 0 Å². The lowest BCUT2D eigenvalue weighted by atomic mass is 9.84. The minimum atomic E-state index is -0.329. The highest BCUT2D eigenvalue weighted by Crippen LogP contribution is 2.34. The number of aliphatic hydroxyl groups excluding tert-OH is 1. The highest BCUT2D eigenvalue weighted by atomic mass is 16.3. The van der Waals surface area contributed by atoms with Gasteiger partial charge in [-0.15, -0.1) is 0 Å². The minimum Gasteiger partial charge on any atom is -0.387 e. The maximum atomic E-state index is 10.7. The molecule has 3 rings (SSSR count). The molecule has 1 aromatic carbocycles. The summed E-state index contributed by atoms with van der Waals surface area (Å²) in [6, 6.07) is 9.26. The quantitative estimate of drug-likeness (QED) is 0.894. The van der Waals surface area contributed by atoms with E-state index in [2.05, 4.69) is 42.1 Å². The summed E-state index contributed by atoms with van der Waals surface area (Å²) >= 11 is 0. The maximum Gasteiger partial charge on any atom is 0.0947 e. The van der Waals surface area contributed by atoms with E-state index in [0.29, 0.717) is 6.04 Å². The molecule has 1 heterocycles. The lowest BCUT2D eigenvalue weighted by molar-refractivity contribution is 0.0123. The number of aryl methyl sites for hydroxylation is 1. The molecule has 0 spiro atoms. The molecule has 0 saturated carbocycles. The number of likely N-dealkylation sites (tertiary alicyclic amines) is 1. The molecule has 2 atom stereocenters. The normalized spacial score (nSPS) is 28.6. The molecule has 1 N–H and O–H groups in total. The van der Waals surface area contributed by atoms with Crippen LogP contribution in [0.4, 0.5) is 0 Å². The number of hydrogen-bond donors (Lipinski definition) is 1. The van der Waals surface area contributed by atoms with E-state index in [1.807, 2.05) is 6.07 Å². The van der Waals surface area contributed by atoms with E-state index < -0.39 is 0 Å². The first-order chi connectivity index (χ1) is 9.66. The molecule has 0 bridgehead atoms. The monoisotopic (exact) mass is 274 g/mol. The van der Waals surface area contributed by atoms with E-state index >= 15 is 0 Å². The number of piperidine rings is 1. The Hall–Kier alpha value is -0.900. The van der Waals surface area contributed by atoms with Gasteiger partial charge in [0, 0.05) is 12.1 Å². The Balaban J connectivity index is 1.72. The highest BCUT2D eigenvalue weighted by Gasteiger charge is 2.34. The Morgan fingerprint density at radius 2 is 1.85 bits per heavy atom. The van der Waals surface area contributed by atoms with Crippen LogP contribution in [0.1, 0.15) is 36.5 Å². The molecule has 0 amide bonds. The summed E-state index contributed by atoms with van der Waals surface area (Å²) < 4.78 is 0. The fourth-order valence-corrected chi connectivity index (χ4v) is 3.82. The third-order valence-corrected chi connectivity index (χ3v) is 5.23. The van der Waals surface area contributed by atoms with Crippen molar-refractivity contribution in [1.29, 1.82) is 0 Å². The van der Waals surface area contributed by atoms with Crippen molar-refractivity contribution in [3.8, 4) is 0 Å². The van der Waals surface area contributed by atoms with Crippen molar-refractivity contribution >= 4 is 0 Å². The van der Waals surface area contributed by atoms with Crippen LogP contribution in [0.5, 0.6) is 0 Å². The van der Waals surface area contributed by atoms with Crippen LogP contribution in [-0.2, 0) is 6.42 Å². The van der Waals surface area contributed by atoms with E-state index in [0.717, 1.165) is 18.4 Å². The lowest BCUT2D eigenvalue weighted by Gasteiger charge is -2.43. The van der Waals surface area contributed by atoms with Gasteiger partial charge in [-0.2, -0.15) is 0 Å². The van der Waals surface area contributed by atoms with Crippen molar-refractivity contribution in [2.45, 2.75) is 43.9 Å². The smallest absolute Gasteiger partial charge is 0.0947 e. The zero-order chi connectivity index (χ0) is 14.1. The molecule has 3 nitrogen and oxygen atoms in total. The number of benzene rings is 1. The number of fused-ring (bicyclic) bond motifs is 1. The average Bonchev–Trinajstić information content (AvgIpc) is 2.48. The number of aliphatic hydroxyl groups is 1. The predicted octanol–water partition coefficient (Wildman–Crippen LogP) is 2.06. The van der Waals surface area contributed by atoms with Crippen LogP contribution in [-0.4, -0.2) is 54.2 Å². The summed E-state index contributed by atoms with van der Waals surface area (Å²) in [5.74, 6) is 0. The van der Waals surface area contributed by atoms with Crippen molar-refractivity contribution in [3.63, 3.8) is 0 Å².